The highest BCUT2D eigenvalue weighted by molar-refractivity contribution is 6.28. The van der Waals surface area contributed by atoms with E-state index in [0.29, 0.717) is 16.2 Å². The summed E-state index contributed by atoms with van der Waals surface area (Å²) in [4.78, 5) is 37.0. The van der Waals surface area contributed by atoms with Gasteiger partial charge in [-0.25, -0.2) is 28.1 Å². The van der Waals surface area contributed by atoms with Gasteiger partial charge >= 0.3 is 5.69 Å². The topological polar surface area (TPSA) is 82.7 Å². The molecule has 7 nitrogen and oxygen atoms in total. The number of fused-ring (bicyclic) bond motifs is 1. The molecule has 140 valence electrons. The van der Waals surface area contributed by atoms with Crippen molar-refractivity contribution in [3.63, 3.8) is 0 Å². The van der Waals surface area contributed by atoms with Gasteiger partial charge in [0.25, 0.3) is 5.56 Å². The van der Waals surface area contributed by atoms with Crippen molar-refractivity contribution >= 4 is 11.6 Å². The zero-order valence-electron chi connectivity index (χ0n) is 14.0. The highest BCUT2D eigenvalue weighted by atomic mass is 35.5. The summed E-state index contributed by atoms with van der Waals surface area (Å²) in [6.07, 6.45) is 4.65. The molecule has 3 heterocycles. The largest absolute Gasteiger partial charge is 0.357 e. The van der Waals surface area contributed by atoms with Crippen LogP contribution < -0.4 is 11.2 Å². The third-order valence-corrected chi connectivity index (χ3v) is 4.24. The van der Waals surface area contributed by atoms with Crippen LogP contribution in [0.2, 0.25) is 5.28 Å². The fraction of sp³-hybridized carbons (Fsp3) is 0.0556. The molecule has 0 aliphatic carbocycles. The minimum absolute atomic E-state index is 0.0934. The minimum atomic E-state index is -1.04. The lowest BCUT2D eigenvalue weighted by molar-refractivity contribution is 0.574. The van der Waals surface area contributed by atoms with Gasteiger partial charge < -0.3 is 4.57 Å². The highest BCUT2D eigenvalue weighted by Crippen LogP contribution is 2.17. The Morgan fingerprint density at radius 2 is 1.82 bits per heavy atom. The van der Waals surface area contributed by atoms with Crippen molar-refractivity contribution in [1.29, 1.82) is 0 Å². The monoisotopic (exact) mass is 401 g/mol. The van der Waals surface area contributed by atoms with Gasteiger partial charge in [-0.1, -0.05) is 0 Å². The Hall–Kier alpha value is -3.46. The number of nitrogens with zero attached hydrogens (tertiary/aromatic N) is 5. The average molecular weight is 402 g/mol. The van der Waals surface area contributed by atoms with Gasteiger partial charge in [0.05, 0.1) is 17.8 Å². The van der Waals surface area contributed by atoms with Crippen LogP contribution in [0, 0.1) is 11.6 Å². The van der Waals surface area contributed by atoms with Crippen LogP contribution in [0.3, 0.4) is 0 Å². The Morgan fingerprint density at radius 1 is 1.07 bits per heavy atom. The van der Waals surface area contributed by atoms with Crippen LogP contribution in [-0.2, 0) is 6.54 Å². The van der Waals surface area contributed by atoms with Crippen molar-refractivity contribution in [3.05, 3.63) is 92.2 Å². The lowest BCUT2D eigenvalue weighted by atomic mass is 10.2. The van der Waals surface area contributed by atoms with E-state index in [-0.39, 0.29) is 28.9 Å². The number of halogens is 3. The molecule has 0 saturated carbocycles. The molecule has 0 bridgehead atoms. The third kappa shape index (κ3) is 3.16. The van der Waals surface area contributed by atoms with Crippen molar-refractivity contribution in [3.8, 4) is 17.1 Å². The maximum Gasteiger partial charge on any atom is 0.357 e. The molecule has 0 amide bonds. The van der Waals surface area contributed by atoms with Crippen LogP contribution in [0.4, 0.5) is 8.78 Å². The summed E-state index contributed by atoms with van der Waals surface area (Å²) >= 11 is 5.67. The second-order valence-electron chi connectivity index (χ2n) is 5.86. The lowest BCUT2D eigenvalue weighted by Gasteiger charge is -2.15. The van der Waals surface area contributed by atoms with Crippen molar-refractivity contribution in [1.82, 2.24) is 24.1 Å². The number of pyridine rings is 1. The van der Waals surface area contributed by atoms with Crippen molar-refractivity contribution in [2.75, 3.05) is 0 Å². The molecule has 1 aromatic carbocycles. The van der Waals surface area contributed by atoms with E-state index in [9.17, 15) is 18.4 Å². The van der Waals surface area contributed by atoms with Gasteiger partial charge in [-0.15, -0.1) is 0 Å². The van der Waals surface area contributed by atoms with E-state index in [1.807, 2.05) is 0 Å². The van der Waals surface area contributed by atoms with Crippen LogP contribution in [0.1, 0.15) is 5.56 Å². The maximum atomic E-state index is 14.1. The first-order chi connectivity index (χ1) is 13.4. The van der Waals surface area contributed by atoms with E-state index in [1.165, 1.54) is 18.5 Å². The van der Waals surface area contributed by atoms with Gasteiger partial charge in [-0.05, 0) is 35.9 Å². The molecule has 0 radical (unpaired) electrons. The molecule has 0 fully saturated rings. The summed E-state index contributed by atoms with van der Waals surface area (Å²) in [5.74, 6) is -1.74. The van der Waals surface area contributed by atoms with Crippen LogP contribution in [-0.4, -0.2) is 24.1 Å². The van der Waals surface area contributed by atoms with E-state index in [2.05, 4.69) is 15.0 Å². The molecule has 0 saturated heterocycles. The summed E-state index contributed by atoms with van der Waals surface area (Å²) in [5, 5.41) is 0.0934. The summed E-state index contributed by atoms with van der Waals surface area (Å²) in [6.45, 7) is 0.231. The number of hydrogen-bond donors (Lipinski definition) is 0. The summed E-state index contributed by atoms with van der Waals surface area (Å²) in [6, 6.07) is 5.63. The number of aromatic nitrogens is 5. The predicted molar refractivity (Wildman–Crippen MR) is 96.8 cm³/mol. The van der Waals surface area contributed by atoms with Crippen LogP contribution in [0.25, 0.3) is 17.1 Å². The Labute approximate surface area is 160 Å². The van der Waals surface area contributed by atoms with E-state index >= 15 is 0 Å². The smallest absolute Gasteiger partial charge is 0.328 e. The van der Waals surface area contributed by atoms with Gasteiger partial charge in [-0.2, -0.15) is 4.98 Å². The highest BCUT2D eigenvalue weighted by Gasteiger charge is 2.20. The Balaban J connectivity index is 1.88. The molecule has 0 spiro atoms. The molecule has 2 aliphatic rings. The summed E-state index contributed by atoms with van der Waals surface area (Å²) in [5.41, 5.74) is -1.34. The third-order valence-electron chi connectivity index (χ3n) is 4.05. The van der Waals surface area contributed by atoms with Crippen LogP contribution in [0.5, 0.6) is 0 Å². The average Bonchev–Trinajstić information content (AvgIpc) is 2.66. The number of rotatable bonds is 3. The maximum absolute atomic E-state index is 14.1. The quantitative estimate of drug-likeness (QED) is 0.492. The van der Waals surface area contributed by atoms with Crippen molar-refractivity contribution in [2.45, 2.75) is 6.54 Å². The Morgan fingerprint density at radius 3 is 2.54 bits per heavy atom. The van der Waals surface area contributed by atoms with Gasteiger partial charge in [0.1, 0.15) is 11.6 Å². The van der Waals surface area contributed by atoms with Gasteiger partial charge in [0, 0.05) is 30.2 Å². The molecule has 10 heteroatoms. The molecular formula is C18H10ClF2N5O2. The SMILES string of the molecule is O=c1nc2n(Cc3cnc(Cl)nc3)cccc-2c(=O)n1-c1ccc(F)cc1F. The molecule has 0 N–H and O–H groups in total. The minimum Gasteiger partial charge on any atom is -0.328 e. The summed E-state index contributed by atoms with van der Waals surface area (Å²) < 4.78 is 29.4. The van der Waals surface area contributed by atoms with Crippen molar-refractivity contribution < 1.29 is 8.78 Å². The van der Waals surface area contributed by atoms with E-state index in [1.54, 1.807) is 16.8 Å². The lowest BCUT2D eigenvalue weighted by Crippen LogP contribution is -2.37. The van der Waals surface area contributed by atoms with E-state index < -0.39 is 22.9 Å². The fourth-order valence-electron chi connectivity index (χ4n) is 2.80. The first-order valence-corrected chi connectivity index (χ1v) is 8.36. The summed E-state index contributed by atoms with van der Waals surface area (Å²) in [7, 11) is 0. The molecule has 2 aliphatic heterocycles. The van der Waals surface area contributed by atoms with E-state index in [4.69, 9.17) is 11.6 Å². The molecule has 4 rings (SSSR count). The molecular weight excluding hydrogens is 392 g/mol. The standard InChI is InChI=1S/C18H10ClF2N5O2/c19-17-22-7-10(8-23-17)9-25-5-1-2-12-15(25)24-18(28)26(16(12)27)14-4-3-11(20)6-13(14)21/h1-8H,9H2. The first-order valence-electron chi connectivity index (χ1n) is 7.98. The zero-order chi connectivity index (χ0) is 19.8. The second-order valence-corrected chi connectivity index (χ2v) is 6.20. The molecule has 2 aromatic rings. The fourth-order valence-corrected chi connectivity index (χ4v) is 2.90. The van der Waals surface area contributed by atoms with Gasteiger partial charge in [0.15, 0.2) is 5.82 Å². The van der Waals surface area contributed by atoms with Gasteiger partial charge in [-0.3, -0.25) is 4.79 Å². The van der Waals surface area contributed by atoms with Crippen LogP contribution in [0.15, 0.2) is 58.5 Å². The van der Waals surface area contributed by atoms with Crippen LogP contribution >= 0.6 is 11.6 Å². The first kappa shape index (κ1) is 17.9. The number of benzene rings is 1. The van der Waals surface area contributed by atoms with Gasteiger partial charge in [0.2, 0.25) is 5.28 Å². The Kier molecular flexibility index (Phi) is 4.44. The Bertz CT molecular complexity index is 1270. The normalized spacial score (nSPS) is 11.1. The van der Waals surface area contributed by atoms with Crippen molar-refractivity contribution in [2.24, 2.45) is 0 Å². The predicted octanol–water partition coefficient (Wildman–Crippen LogP) is 2.27. The number of hydrogen-bond acceptors (Lipinski definition) is 5. The zero-order valence-corrected chi connectivity index (χ0v) is 14.8. The molecule has 0 unspecified atom stereocenters. The molecule has 28 heavy (non-hydrogen) atoms. The van der Waals surface area contributed by atoms with E-state index in [0.717, 1.165) is 12.1 Å². The molecule has 1 aromatic heterocycles. The molecule has 0 atom stereocenters. The second kappa shape index (κ2) is 6.93.